The Hall–Kier alpha value is -4.01. The van der Waals surface area contributed by atoms with Crippen LogP contribution in [0.25, 0.3) is 0 Å². The van der Waals surface area contributed by atoms with E-state index >= 15 is 0 Å². The van der Waals surface area contributed by atoms with Crippen LogP contribution in [0.1, 0.15) is 61.8 Å². The van der Waals surface area contributed by atoms with Crippen molar-refractivity contribution in [2.75, 3.05) is 13.6 Å². The summed E-state index contributed by atoms with van der Waals surface area (Å²) in [6.07, 6.45) is 3.55. The van der Waals surface area contributed by atoms with Gasteiger partial charge in [0.2, 0.25) is 17.7 Å². The Morgan fingerprint density at radius 1 is 0.841 bits per heavy atom. The molecule has 0 saturated carbocycles. The number of hydrogen-bond acceptors (Lipinski definition) is 5. The van der Waals surface area contributed by atoms with Crippen molar-refractivity contribution in [1.29, 1.82) is 0 Å². The lowest BCUT2D eigenvalue weighted by Crippen LogP contribution is -2.59. The predicted molar refractivity (Wildman–Crippen MR) is 172 cm³/mol. The van der Waals surface area contributed by atoms with E-state index < -0.39 is 18.1 Å². The number of nitrogens with zero attached hydrogens (tertiary/aromatic N) is 1. The Morgan fingerprint density at radius 3 is 2.02 bits per heavy atom. The fraction of sp³-hybridized carbons (Fsp3) is 0.417. The minimum atomic E-state index is -0.717. The molecule has 2 heterocycles. The van der Waals surface area contributed by atoms with Crippen molar-refractivity contribution in [3.63, 3.8) is 0 Å². The van der Waals surface area contributed by atoms with Gasteiger partial charge in [0.15, 0.2) is 0 Å². The highest BCUT2D eigenvalue weighted by Crippen LogP contribution is 2.35. The molecule has 2 fully saturated rings. The monoisotopic (exact) mass is 595 g/mol. The number of benzene rings is 3. The Bertz CT molecular complexity index is 1330. The predicted octanol–water partition coefficient (Wildman–Crippen LogP) is 3.93. The number of carbonyl (C=O) groups excluding carboxylic acids is 3. The van der Waals surface area contributed by atoms with Crippen molar-refractivity contribution in [2.24, 2.45) is 5.92 Å². The molecule has 3 aromatic rings. The summed E-state index contributed by atoms with van der Waals surface area (Å²) in [5, 5.41) is 13.0. The number of likely N-dealkylation sites (N-methyl/N-ethyl adjacent to an activating group) is 1. The average Bonchev–Trinajstić information content (AvgIpc) is 3.45. The van der Waals surface area contributed by atoms with Gasteiger partial charge in [-0.1, -0.05) is 97.9 Å². The van der Waals surface area contributed by atoms with Crippen LogP contribution in [0.2, 0.25) is 0 Å². The van der Waals surface area contributed by atoms with Gasteiger partial charge in [0.05, 0.1) is 12.1 Å². The molecule has 44 heavy (non-hydrogen) atoms. The maximum Gasteiger partial charge on any atom is 0.246 e. The molecule has 8 nitrogen and oxygen atoms in total. The van der Waals surface area contributed by atoms with Crippen molar-refractivity contribution in [1.82, 2.24) is 26.2 Å². The third kappa shape index (κ3) is 7.37. The van der Waals surface area contributed by atoms with Crippen LogP contribution >= 0.6 is 0 Å². The van der Waals surface area contributed by atoms with Crippen molar-refractivity contribution in [3.05, 3.63) is 108 Å². The molecule has 0 aliphatic carbocycles. The summed E-state index contributed by atoms with van der Waals surface area (Å²) >= 11 is 0. The summed E-state index contributed by atoms with van der Waals surface area (Å²) in [6.45, 7) is 3.21. The van der Waals surface area contributed by atoms with E-state index in [1.807, 2.05) is 85.8 Å². The second kappa shape index (κ2) is 15.1. The third-order valence-electron chi connectivity index (χ3n) is 9.17. The van der Waals surface area contributed by atoms with Crippen LogP contribution in [0.4, 0.5) is 0 Å². The first-order chi connectivity index (χ1) is 21.5. The summed E-state index contributed by atoms with van der Waals surface area (Å²) in [5.74, 6) is -0.605. The van der Waals surface area contributed by atoms with Crippen LogP contribution < -0.4 is 21.3 Å². The molecule has 2 aliphatic rings. The van der Waals surface area contributed by atoms with E-state index in [2.05, 4.69) is 33.4 Å². The fourth-order valence-electron chi connectivity index (χ4n) is 6.75. The SMILES string of the molecule is CCC(NC)C(=O)NC1C(=O)N2C(CCC1CNCc1ccccc1)CCC2C(=O)NC(c1ccccc1)c1ccccc1. The highest BCUT2D eigenvalue weighted by molar-refractivity contribution is 5.94. The largest absolute Gasteiger partial charge is 0.343 e. The Morgan fingerprint density at radius 2 is 1.43 bits per heavy atom. The van der Waals surface area contributed by atoms with Gasteiger partial charge in [-0.2, -0.15) is 0 Å². The molecule has 8 heteroatoms. The molecule has 2 aliphatic heterocycles. The average molecular weight is 596 g/mol. The van der Waals surface area contributed by atoms with E-state index in [1.165, 1.54) is 0 Å². The summed E-state index contributed by atoms with van der Waals surface area (Å²) < 4.78 is 0. The minimum absolute atomic E-state index is 0.0325. The molecule has 5 rings (SSSR count). The Labute approximate surface area is 261 Å². The quantitative estimate of drug-likeness (QED) is 0.254. The lowest BCUT2D eigenvalue weighted by molar-refractivity contribution is -0.143. The van der Waals surface area contributed by atoms with Crippen LogP contribution in [0.15, 0.2) is 91.0 Å². The number of carbonyl (C=O) groups is 3. The van der Waals surface area contributed by atoms with Crippen molar-refractivity contribution < 1.29 is 14.4 Å². The topological polar surface area (TPSA) is 103 Å². The molecule has 232 valence electrons. The van der Waals surface area contributed by atoms with Gasteiger partial charge in [-0.25, -0.2) is 0 Å². The van der Waals surface area contributed by atoms with Gasteiger partial charge >= 0.3 is 0 Å². The van der Waals surface area contributed by atoms with Crippen LogP contribution in [-0.2, 0) is 20.9 Å². The molecule has 2 saturated heterocycles. The van der Waals surface area contributed by atoms with Crippen molar-refractivity contribution >= 4 is 17.7 Å². The molecule has 0 bridgehead atoms. The summed E-state index contributed by atoms with van der Waals surface area (Å²) in [5.41, 5.74) is 3.13. The van der Waals surface area contributed by atoms with E-state index in [4.69, 9.17) is 0 Å². The van der Waals surface area contributed by atoms with E-state index in [0.29, 0.717) is 25.9 Å². The second-order valence-corrected chi connectivity index (χ2v) is 11.9. The van der Waals surface area contributed by atoms with E-state index in [0.717, 1.165) is 36.0 Å². The van der Waals surface area contributed by atoms with Crippen LogP contribution in [0.5, 0.6) is 0 Å². The number of hydrogen-bond donors (Lipinski definition) is 4. The summed E-state index contributed by atoms with van der Waals surface area (Å²) in [7, 11) is 1.76. The van der Waals surface area contributed by atoms with Crippen molar-refractivity contribution in [3.8, 4) is 0 Å². The zero-order valence-electron chi connectivity index (χ0n) is 25.7. The highest BCUT2D eigenvalue weighted by atomic mass is 16.2. The number of rotatable bonds is 12. The smallest absolute Gasteiger partial charge is 0.246 e. The molecule has 5 atom stereocenters. The third-order valence-corrected chi connectivity index (χ3v) is 9.17. The van der Waals surface area contributed by atoms with Gasteiger partial charge in [0.1, 0.15) is 12.1 Å². The zero-order chi connectivity index (χ0) is 30.9. The normalized spacial score (nSPS) is 22.2. The lowest BCUT2D eigenvalue weighted by atomic mass is 9.92. The maximum absolute atomic E-state index is 14.4. The molecule has 3 aromatic carbocycles. The van der Waals surface area contributed by atoms with Gasteiger partial charge in [-0.05, 0) is 55.8 Å². The minimum Gasteiger partial charge on any atom is -0.343 e. The van der Waals surface area contributed by atoms with E-state index in [9.17, 15) is 14.4 Å². The van der Waals surface area contributed by atoms with Gasteiger partial charge in [-0.3, -0.25) is 14.4 Å². The van der Waals surface area contributed by atoms with E-state index in [1.54, 1.807) is 11.9 Å². The van der Waals surface area contributed by atoms with Gasteiger partial charge in [0, 0.05) is 25.0 Å². The van der Waals surface area contributed by atoms with Crippen LogP contribution in [-0.4, -0.2) is 60.4 Å². The Kier molecular flexibility index (Phi) is 10.8. The molecular weight excluding hydrogens is 550 g/mol. The van der Waals surface area contributed by atoms with Gasteiger partial charge in [-0.15, -0.1) is 0 Å². The molecule has 0 radical (unpaired) electrons. The summed E-state index contributed by atoms with van der Waals surface area (Å²) in [6, 6.07) is 27.9. The van der Waals surface area contributed by atoms with Crippen LogP contribution in [0.3, 0.4) is 0 Å². The maximum atomic E-state index is 14.4. The molecule has 0 spiro atoms. The molecule has 4 N–H and O–H groups in total. The summed E-state index contributed by atoms with van der Waals surface area (Å²) in [4.78, 5) is 43.6. The molecule has 5 unspecified atom stereocenters. The first-order valence-electron chi connectivity index (χ1n) is 15.9. The zero-order valence-corrected chi connectivity index (χ0v) is 25.7. The van der Waals surface area contributed by atoms with Crippen LogP contribution in [0, 0.1) is 5.92 Å². The second-order valence-electron chi connectivity index (χ2n) is 11.9. The van der Waals surface area contributed by atoms with E-state index in [-0.39, 0.29) is 35.7 Å². The first-order valence-corrected chi connectivity index (χ1v) is 15.9. The fourth-order valence-corrected chi connectivity index (χ4v) is 6.75. The first kappa shape index (κ1) is 31.4. The molecular formula is C36H45N5O3. The number of nitrogens with one attached hydrogen (secondary N) is 4. The van der Waals surface area contributed by atoms with Crippen molar-refractivity contribution in [2.45, 2.75) is 75.8 Å². The highest BCUT2D eigenvalue weighted by Gasteiger charge is 2.47. The molecule has 3 amide bonds. The molecule has 0 aromatic heterocycles. The lowest BCUT2D eigenvalue weighted by Gasteiger charge is -2.33. The van der Waals surface area contributed by atoms with Gasteiger partial charge < -0.3 is 26.2 Å². The Balaban J connectivity index is 1.37. The standard InChI is InChI=1S/C36H45N5O3/c1-3-30(37-2)34(42)40-33-28(24-38-23-25-13-7-4-8-14-25)19-20-29-21-22-31(41(29)36(33)44)35(43)39-32(26-15-9-5-10-16-26)27-17-11-6-12-18-27/h4-18,28-33,37-38H,3,19-24H2,1-2H3,(H,39,43)(H,40,42). The number of amides is 3. The van der Waals surface area contributed by atoms with Gasteiger partial charge in [0.25, 0.3) is 0 Å². The number of fused-ring (bicyclic) bond motifs is 1.